The Balaban J connectivity index is 2.11. The van der Waals surface area contributed by atoms with E-state index < -0.39 is 0 Å². The minimum absolute atomic E-state index is 0.0796. The van der Waals surface area contributed by atoms with Gasteiger partial charge in [0.25, 0.3) is 0 Å². The van der Waals surface area contributed by atoms with Crippen LogP contribution in [0.2, 0.25) is 0 Å². The number of carbonyl (C=O) groups is 1. The summed E-state index contributed by atoms with van der Waals surface area (Å²) in [6.45, 7) is 1.58. The van der Waals surface area contributed by atoms with Gasteiger partial charge < -0.3 is 0 Å². The van der Waals surface area contributed by atoms with Gasteiger partial charge in [-0.25, -0.2) is 4.98 Å². The van der Waals surface area contributed by atoms with Gasteiger partial charge in [-0.3, -0.25) is 4.79 Å². The van der Waals surface area contributed by atoms with E-state index in [1.807, 2.05) is 17.1 Å². The lowest BCUT2D eigenvalue weighted by Gasteiger charge is -2.18. The lowest BCUT2D eigenvalue weighted by molar-refractivity contribution is 0.101. The number of ketones is 1. The average Bonchev–Trinajstić information content (AvgIpc) is 2.68. The zero-order valence-corrected chi connectivity index (χ0v) is 9.79. The van der Waals surface area contributed by atoms with Crippen LogP contribution in [0.4, 0.5) is 0 Å². The molecule has 14 heavy (non-hydrogen) atoms. The van der Waals surface area contributed by atoms with Gasteiger partial charge >= 0.3 is 0 Å². The Morgan fingerprint density at radius 2 is 2.50 bits per heavy atom. The van der Waals surface area contributed by atoms with Crippen LogP contribution in [0.25, 0.3) is 0 Å². The fourth-order valence-corrected chi connectivity index (χ4v) is 3.82. The van der Waals surface area contributed by atoms with E-state index in [1.165, 1.54) is 24.3 Å². The largest absolute Gasteiger partial charge is 0.293 e. The smallest absolute Gasteiger partial charge is 0.178 e. The molecule has 1 aliphatic heterocycles. The highest BCUT2D eigenvalue weighted by Crippen LogP contribution is 2.32. The van der Waals surface area contributed by atoms with E-state index in [-0.39, 0.29) is 5.78 Å². The van der Waals surface area contributed by atoms with E-state index in [4.69, 9.17) is 0 Å². The molecule has 0 aromatic carbocycles. The number of rotatable bonds is 2. The highest BCUT2D eigenvalue weighted by atomic mass is 32.2. The number of hydrogen-bond donors (Lipinski definition) is 0. The Labute approximate surface area is 92.1 Å². The molecule has 0 spiro atoms. The topological polar surface area (TPSA) is 30.0 Å². The van der Waals surface area contributed by atoms with Crippen molar-refractivity contribution in [2.24, 2.45) is 0 Å². The van der Waals surface area contributed by atoms with Crippen LogP contribution in [0, 0.1) is 0 Å². The maximum atomic E-state index is 11.1. The normalized spacial score (nSPS) is 22.2. The molecule has 76 valence electrons. The summed E-state index contributed by atoms with van der Waals surface area (Å²) in [5.74, 6) is 3.12. The first kappa shape index (κ1) is 10.2. The number of thiazole rings is 1. The summed E-state index contributed by atoms with van der Waals surface area (Å²) >= 11 is 3.64. The third-order valence-corrected chi connectivity index (χ3v) is 4.61. The summed E-state index contributed by atoms with van der Waals surface area (Å²) in [7, 11) is 0. The number of thioether (sulfide) groups is 1. The Morgan fingerprint density at radius 3 is 3.07 bits per heavy atom. The van der Waals surface area contributed by atoms with Gasteiger partial charge in [0, 0.05) is 24.0 Å². The first-order chi connectivity index (χ1) is 6.77. The molecule has 0 amide bonds. The summed E-state index contributed by atoms with van der Waals surface area (Å²) in [6.07, 6.45) is 2.52. The average molecular weight is 227 g/mol. The molecule has 1 atom stereocenters. The Bertz CT molecular complexity index is 329. The van der Waals surface area contributed by atoms with Gasteiger partial charge in [-0.15, -0.1) is 11.3 Å². The van der Waals surface area contributed by atoms with Gasteiger partial charge in [0.15, 0.2) is 5.78 Å². The summed E-state index contributed by atoms with van der Waals surface area (Å²) < 4.78 is 0. The van der Waals surface area contributed by atoms with Crippen molar-refractivity contribution in [3.8, 4) is 0 Å². The monoisotopic (exact) mass is 227 g/mol. The maximum absolute atomic E-state index is 11.1. The summed E-state index contributed by atoms with van der Waals surface area (Å²) in [6, 6.07) is 0. The van der Waals surface area contributed by atoms with Gasteiger partial charge in [0.1, 0.15) is 5.69 Å². The molecule has 1 aromatic rings. The lowest BCUT2D eigenvalue weighted by atomic mass is 10.1. The number of nitrogens with zero attached hydrogens (tertiary/aromatic N) is 1. The predicted octanol–water partition coefficient (Wildman–Crippen LogP) is 2.96. The summed E-state index contributed by atoms with van der Waals surface area (Å²) in [5, 5.41) is 3.04. The Morgan fingerprint density at radius 1 is 1.64 bits per heavy atom. The molecule has 4 heteroatoms. The molecule has 1 aromatic heterocycles. The molecular formula is C10H13NOS2. The highest BCUT2D eigenvalue weighted by molar-refractivity contribution is 7.99. The Hall–Kier alpha value is -0.350. The standard InChI is InChI=1S/C10H13NOS2/c1-7(12)9-6-14-10(11-9)8-3-2-4-13-5-8/h6,8H,2-5H2,1H3. The molecule has 2 nitrogen and oxygen atoms in total. The molecule has 0 saturated carbocycles. The van der Waals surface area contributed by atoms with E-state index in [2.05, 4.69) is 4.98 Å². The van der Waals surface area contributed by atoms with Gasteiger partial charge in [-0.2, -0.15) is 11.8 Å². The van der Waals surface area contributed by atoms with Gasteiger partial charge in [-0.05, 0) is 18.6 Å². The summed E-state index contributed by atoms with van der Waals surface area (Å²) in [4.78, 5) is 15.5. The Kier molecular flexibility index (Phi) is 3.23. The molecule has 0 aliphatic carbocycles. The number of aromatic nitrogens is 1. The maximum Gasteiger partial charge on any atom is 0.178 e. The fourth-order valence-electron chi connectivity index (χ4n) is 1.57. The van der Waals surface area contributed by atoms with E-state index in [0.29, 0.717) is 11.6 Å². The number of Topliss-reactive ketones (excluding diaryl/α,β-unsaturated/α-hetero) is 1. The molecule has 0 N–H and O–H groups in total. The molecular weight excluding hydrogens is 214 g/mol. The number of carbonyl (C=O) groups excluding carboxylic acids is 1. The molecule has 0 radical (unpaired) electrons. The van der Waals surface area contributed by atoms with Crippen molar-refractivity contribution in [3.63, 3.8) is 0 Å². The number of hydrogen-bond acceptors (Lipinski definition) is 4. The van der Waals surface area contributed by atoms with Crippen LogP contribution in [0.1, 0.15) is 41.2 Å². The lowest BCUT2D eigenvalue weighted by Crippen LogP contribution is -2.08. The van der Waals surface area contributed by atoms with Crippen LogP contribution in [-0.2, 0) is 0 Å². The zero-order chi connectivity index (χ0) is 9.97. The van der Waals surface area contributed by atoms with Crippen molar-refractivity contribution in [1.82, 2.24) is 4.98 Å². The molecule has 2 rings (SSSR count). The van der Waals surface area contributed by atoms with Gasteiger partial charge in [-0.1, -0.05) is 0 Å². The quantitative estimate of drug-likeness (QED) is 0.728. The second-order valence-corrected chi connectivity index (χ2v) is 5.58. The van der Waals surface area contributed by atoms with Crippen LogP contribution in [0.15, 0.2) is 5.38 Å². The van der Waals surface area contributed by atoms with Crippen molar-refractivity contribution in [2.45, 2.75) is 25.7 Å². The third kappa shape index (κ3) is 2.17. The molecule has 1 aliphatic rings. The zero-order valence-electron chi connectivity index (χ0n) is 8.16. The van der Waals surface area contributed by atoms with Crippen molar-refractivity contribution in [3.05, 3.63) is 16.1 Å². The van der Waals surface area contributed by atoms with Crippen molar-refractivity contribution in [2.75, 3.05) is 11.5 Å². The first-order valence-electron chi connectivity index (χ1n) is 4.81. The molecule has 2 heterocycles. The van der Waals surface area contributed by atoms with E-state index in [0.717, 1.165) is 5.01 Å². The van der Waals surface area contributed by atoms with Crippen molar-refractivity contribution < 1.29 is 4.79 Å². The minimum Gasteiger partial charge on any atom is -0.293 e. The fraction of sp³-hybridized carbons (Fsp3) is 0.600. The highest BCUT2D eigenvalue weighted by Gasteiger charge is 2.19. The van der Waals surface area contributed by atoms with Crippen LogP contribution in [0.5, 0.6) is 0 Å². The van der Waals surface area contributed by atoms with E-state index in [1.54, 1.807) is 18.3 Å². The van der Waals surface area contributed by atoms with Gasteiger partial charge in [0.05, 0.1) is 5.01 Å². The molecule has 1 saturated heterocycles. The van der Waals surface area contributed by atoms with Crippen molar-refractivity contribution in [1.29, 1.82) is 0 Å². The second kappa shape index (κ2) is 4.45. The van der Waals surface area contributed by atoms with E-state index in [9.17, 15) is 4.79 Å². The van der Waals surface area contributed by atoms with Crippen molar-refractivity contribution >= 4 is 28.9 Å². The minimum atomic E-state index is 0.0796. The van der Waals surface area contributed by atoms with Crippen LogP contribution in [0.3, 0.4) is 0 Å². The first-order valence-corrected chi connectivity index (χ1v) is 6.85. The SMILES string of the molecule is CC(=O)c1csc(C2CCCSC2)n1. The van der Waals surface area contributed by atoms with Crippen LogP contribution in [-0.4, -0.2) is 22.3 Å². The molecule has 1 unspecified atom stereocenters. The summed E-state index contributed by atoms with van der Waals surface area (Å²) in [5.41, 5.74) is 0.639. The second-order valence-electron chi connectivity index (χ2n) is 3.54. The van der Waals surface area contributed by atoms with Crippen LogP contribution < -0.4 is 0 Å². The predicted molar refractivity (Wildman–Crippen MR) is 61.4 cm³/mol. The molecule has 1 fully saturated rings. The van der Waals surface area contributed by atoms with Crippen LogP contribution >= 0.6 is 23.1 Å². The van der Waals surface area contributed by atoms with Gasteiger partial charge in [0.2, 0.25) is 0 Å². The third-order valence-electron chi connectivity index (χ3n) is 2.39. The van der Waals surface area contributed by atoms with E-state index >= 15 is 0 Å². The molecule has 0 bridgehead atoms.